The van der Waals surface area contributed by atoms with Crippen molar-refractivity contribution in [3.05, 3.63) is 18.2 Å². The van der Waals surface area contributed by atoms with Crippen molar-refractivity contribution in [1.82, 2.24) is 0 Å². The van der Waals surface area contributed by atoms with Gasteiger partial charge < -0.3 is 19.3 Å². The van der Waals surface area contributed by atoms with E-state index in [4.69, 9.17) is 19.3 Å². The molecule has 0 unspecified atom stereocenters. The monoisotopic (exact) mass is 265 g/mol. The number of benzene rings is 1. The van der Waals surface area contributed by atoms with E-state index in [2.05, 4.69) is 5.32 Å². The summed E-state index contributed by atoms with van der Waals surface area (Å²) in [5.74, 6) is 1.87. The van der Waals surface area contributed by atoms with Crippen molar-refractivity contribution in [2.24, 2.45) is 11.8 Å². The van der Waals surface area contributed by atoms with Gasteiger partial charge in [0.15, 0.2) is 11.5 Å². The lowest BCUT2D eigenvalue weighted by Gasteiger charge is -2.07. The highest BCUT2D eigenvalue weighted by molar-refractivity contribution is 5.85. The van der Waals surface area contributed by atoms with E-state index in [-0.39, 0.29) is 13.4 Å². The van der Waals surface area contributed by atoms with Crippen molar-refractivity contribution in [3.63, 3.8) is 0 Å². The van der Waals surface area contributed by atoms with Gasteiger partial charge in [0.25, 0.3) is 0 Å². The molecule has 0 aromatic heterocycles. The molecule has 1 aromatic carbocycles. The fraction of sp³-hybridized carbons (Fsp3) is 0.462. The first kappa shape index (κ1) is 12.1. The molecule has 1 aliphatic carbocycles. The topological polar surface area (TPSA) is 77.0 Å². The van der Waals surface area contributed by atoms with E-state index in [9.17, 15) is 4.79 Å². The number of anilines is 1. The molecule has 6 nitrogen and oxygen atoms in total. The van der Waals surface area contributed by atoms with Crippen LogP contribution in [0.5, 0.6) is 11.5 Å². The number of amides is 1. The van der Waals surface area contributed by atoms with Crippen LogP contribution in [-0.4, -0.2) is 31.2 Å². The first-order valence-electron chi connectivity index (χ1n) is 6.20. The molecule has 3 rings (SSSR count). The van der Waals surface area contributed by atoms with Crippen molar-refractivity contribution >= 4 is 11.8 Å². The Balaban J connectivity index is 1.49. The minimum atomic E-state index is -0.498. The Kier molecular flexibility index (Phi) is 3.16. The number of nitrogens with one attached hydrogen (secondary N) is 1. The molecule has 1 fully saturated rings. The van der Waals surface area contributed by atoms with Gasteiger partial charge >= 0.3 is 6.09 Å². The van der Waals surface area contributed by atoms with E-state index >= 15 is 0 Å². The zero-order valence-electron chi connectivity index (χ0n) is 10.3. The summed E-state index contributed by atoms with van der Waals surface area (Å²) in [6.45, 7) is 0.715. The Hall–Kier alpha value is -1.95. The van der Waals surface area contributed by atoms with Crippen LogP contribution >= 0.6 is 0 Å². The lowest BCUT2D eigenvalue weighted by Crippen LogP contribution is -2.15. The molecule has 2 N–H and O–H groups in total. The van der Waals surface area contributed by atoms with Gasteiger partial charge in [-0.2, -0.15) is 0 Å². The highest BCUT2D eigenvalue weighted by atomic mass is 16.7. The summed E-state index contributed by atoms with van der Waals surface area (Å²) in [5, 5.41) is 11.5. The lowest BCUT2D eigenvalue weighted by atomic mass is 10.3. The summed E-state index contributed by atoms with van der Waals surface area (Å²) in [6, 6.07) is 5.15. The van der Waals surface area contributed by atoms with Gasteiger partial charge in [0.1, 0.15) is 0 Å². The van der Waals surface area contributed by atoms with Crippen LogP contribution < -0.4 is 14.8 Å². The summed E-state index contributed by atoms with van der Waals surface area (Å²) in [5.41, 5.74) is 0.601. The SMILES string of the molecule is O=C(Nc1ccc2c(c1)OCO2)OC[C@@H]1C[C@H]1CO. The standard InChI is InChI=1S/C13H15NO5/c15-5-8-3-9(8)6-17-13(16)14-10-1-2-11-12(4-10)19-7-18-11/h1-2,4,8-9,15H,3,5-7H2,(H,14,16)/t8-,9-/m0/s1. The Bertz CT molecular complexity index is 490. The van der Waals surface area contributed by atoms with Crippen molar-refractivity contribution < 1.29 is 24.1 Å². The molecule has 2 aliphatic rings. The van der Waals surface area contributed by atoms with Crippen molar-refractivity contribution in [2.75, 3.05) is 25.3 Å². The molecule has 6 heteroatoms. The summed E-state index contributed by atoms with van der Waals surface area (Å²) in [6.07, 6.45) is 0.427. The average molecular weight is 265 g/mol. The summed E-state index contributed by atoms with van der Waals surface area (Å²) < 4.78 is 15.5. The highest BCUT2D eigenvalue weighted by Gasteiger charge is 2.37. The molecular formula is C13H15NO5. The predicted molar refractivity (Wildman–Crippen MR) is 66.2 cm³/mol. The molecule has 0 bridgehead atoms. The number of hydrogen-bond acceptors (Lipinski definition) is 5. The molecule has 1 aromatic rings. The average Bonchev–Trinajstić information content (AvgIpc) is 3.03. The zero-order valence-corrected chi connectivity index (χ0v) is 10.3. The molecule has 102 valence electrons. The number of fused-ring (bicyclic) bond motifs is 1. The molecule has 2 atom stereocenters. The predicted octanol–water partition coefficient (Wildman–Crippen LogP) is 1.59. The van der Waals surface area contributed by atoms with Crippen LogP contribution in [0.1, 0.15) is 6.42 Å². The van der Waals surface area contributed by atoms with E-state index < -0.39 is 6.09 Å². The van der Waals surface area contributed by atoms with Crippen LogP contribution in [0.4, 0.5) is 10.5 Å². The molecule has 1 heterocycles. The second-order valence-corrected chi connectivity index (χ2v) is 4.73. The molecule has 0 spiro atoms. The number of ether oxygens (including phenoxy) is 3. The van der Waals surface area contributed by atoms with Gasteiger partial charge in [-0.3, -0.25) is 5.32 Å². The molecule has 1 aliphatic heterocycles. The van der Waals surface area contributed by atoms with Gasteiger partial charge in [0, 0.05) is 18.4 Å². The first-order valence-corrected chi connectivity index (χ1v) is 6.20. The number of hydrogen-bond donors (Lipinski definition) is 2. The number of rotatable bonds is 4. The molecule has 1 amide bonds. The molecule has 0 radical (unpaired) electrons. The van der Waals surface area contributed by atoms with Crippen LogP contribution in [0.25, 0.3) is 0 Å². The maximum absolute atomic E-state index is 11.6. The quantitative estimate of drug-likeness (QED) is 0.864. The van der Waals surface area contributed by atoms with E-state index in [0.29, 0.717) is 35.6 Å². The van der Waals surface area contributed by atoms with E-state index in [1.54, 1.807) is 18.2 Å². The van der Waals surface area contributed by atoms with Gasteiger partial charge in [-0.25, -0.2) is 4.79 Å². The lowest BCUT2D eigenvalue weighted by molar-refractivity contribution is 0.151. The largest absolute Gasteiger partial charge is 0.454 e. The number of aliphatic hydroxyl groups is 1. The van der Waals surface area contributed by atoms with E-state index in [1.165, 1.54) is 0 Å². The second kappa shape index (κ2) is 4.97. The molecule has 0 saturated heterocycles. The molecular weight excluding hydrogens is 250 g/mol. The third kappa shape index (κ3) is 2.73. The number of aliphatic hydroxyl groups excluding tert-OH is 1. The fourth-order valence-corrected chi connectivity index (χ4v) is 2.05. The summed E-state index contributed by atoms with van der Waals surface area (Å²) in [4.78, 5) is 11.6. The van der Waals surface area contributed by atoms with Gasteiger partial charge in [0.2, 0.25) is 6.79 Å². The Morgan fingerprint density at radius 3 is 3.00 bits per heavy atom. The zero-order chi connectivity index (χ0) is 13.2. The highest BCUT2D eigenvalue weighted by Crippen LogP contribution is 2.38. The maximum atomic E-state index is 11.6. The van der Waals surface area contributed by atoms with Gasteiger partial charge in [-0.05, 0) is 30.4 Å². The van der Waals surface area contributed by atoms with Crippen LogP contribution in [-0.2, 0) is 4.74 Å². The summed E-state index contributed by atoms with van der Waals surface area (Å²) >= 11 is 0. The minimum Gasteiger partial charge on any atom is -0.454 e. The van der Waals surface area contributed by atoms with Crippen molar-refractivity contribution in [3.8, 4) is 11.5 Å². The van der Waals surface area contributed by atoms with Gasteiger partial charge in [-0.1, -0.05) is 0 Å². The number of carbonyl (C=O) groups is 1. The van der Waals surface area contributed by atoms with Crippen LogP contribution in [0.2, 0.25) is 0 Å². The van der Waals surface area contributed by atoms with Crippen LogP contribution in [0, 0.1) is 11.8 Å². The van der Waals surface area contributed by atoms with Crippen molar-refractivity contribution in [2.45, 2.75) is 6.42 Å². The number of carbonyl (C=O) groups excluding carboxylic acids is 1. The first-order chi connectivity index (χ1) is 9.26. The third-order valence-electron chi connectivity index (χ3n) is 3.35. The third-order valence-corrected chi connectivity index (χ3v) is 3.35. The van der Waals surface area contributed by atoms with Crippen LogP contribution in [0.15, 0.2) is 18.2 Å². The van der Waals surface area contributed by atoms with Gasteiger partial charge in [-0.15, -0.1) is 0 Å². The smallest absolute Gasteiger partial charge is 0.411 e. The Morgan fingerprint density at radius 1 is 1.37 bits per heavy atom. The molecule has 1 saturated carbocycles. The normalized spacial score (nSPS) is 23.0. The summed E-state index contributed by atoms with van der Waals surface area (Å²) in [7, 11) is 0. The maximum Gasteiger partial charge on any atom is 0.411 e. The Labute approximate surface area is 110 Å². The minimum absolute atomic E-state index is 0.164. The molecule has 19 heavy (non-hydrogen) atoms. The second-order valence-electron chi connectivity index (χ2n) is 4.73. The van der Waals surface area contributed by atoms with Crippen LogP contribution in [0.3, 0.4) is 0 Å². The van der Waals surface area contributed by atoms with Gasteiger partial charge in [0.05, 0.1) is 6.61 Å². The van der Waals surface area contributed by atoms with Crippen molar-refractivity contribution in [1.29, 1.82) is 0 Å². The fourth-order valence-electron chi connectivity index (χ4n) is 2.05. The van der Waals surface area contributed by atoms with E-state index in [1.807, 2.05) is 0 Å². The Morgan fingerprint density at radius 2 is 2.21 bits per heavy atom. The van der Waals surface area contributed by atoms with E-state index in [0.717, 1.165) is 6.42 Å².